The molecule has 7 nitrogen and oxygen atoms in total. The van der Waals surface area contributed by atoms with Crippen molar-refractivity contribution in [3.63, 3.8) is 0 Å². The topological polar surface area (TPSA) is 87.5 Å². The fourth-order valence-electron chi connectivity index (χ4n) is 3.02. The Hall–Kier alpha value is -2.39. The number of nitrogens with one attached hydrogen (secondary N) is 1. The van der Waals surface area contributed by atoms with Crippen LogP contribution in [0.25, 0.3) is 0 Å². The molecule has 164 valence electrons. The summed E-state index contributed by atoms with van der Waals surface area (Å²) >= 11 is 10.0. The third-order valence-electron chi connectivity index (χ3n) is 4.66. The number of nitrogens with zero attached hydrogens (tertiary/aromatic N) is 3. The van der Waals surface area contributed by atoms with Gasteiger partial charge < -0.3 is 9.88 Å². The van der Waals surface area contributed by atoms with Gasteiger partial charge in [-0.15, -0.1) is 0 Å². The molecule has 0 saturated carbocycles. The summed E-state index contributed by atoms with van der Waals surface area (Å²) in [6.07, 6.45) is 6.54. The van der Waals surface area contributed by atoms with Gasteiger partial charge in [-0.2, -0.15) is 0 Å². The lowest BCUT2D eigenvalue weighted by atomic mass is 10.1. The zero-order valence-electron chi connectivity index (χ0n) is 16.6. The first kappa shape index (κ1) is 23.3. The van der Waals surface area contributed by atoms with Gasteiger partial charge in [-0.3, -0.25) is 13.7 Å². The number of carbonyl (C=O) groups excluding carboxylic acids is 1. The molecular formula is C21H22Cl2N4O3S. The first-order valence-corrected chi connectivity index (χ1v) is 11.4. The number of hydrogen-bond acceptors (Lipinski definition) is 3. The van der Waals surface area contributed by atoms with Crippen molar-refractivity contribution in [3.05, 3.63) is 82.4 Å². The summed E-state index contributed by atoms with van der Waals surface area (Å²) in [5.74, 6) is -0.195. The Bertz CT molecular complexity index is 1030. The number of rotatable bonds is 10. The highest BCUT2D eigenvalue weighted by Crippen LogP contribution is 2.26. The minimum Gasteiger partial charge on any atom is -0.352 e. The minimum atomic E-state index is -2.23. The summed E-state index contributed by atoms with van der Waals surface area (Å²) in [6.45, 7) is 1.56. The molecule has 3 aromatic rings. The van der Waals surface area contributed by atoms with E-state index in [1.165, 1.54) is 4.31 Å². The van der Waals surface area contributed by atoms with Gasteiger partial charge in [-0.05, 0) is 48.7 Å². The van der Waals surface area contributed by atoms with Crippen LogP contribution in [-0.2, 0) is 24.2 Å². The van der Waals surface area contributed by atoms with E-state index in [0.717, 1.165) is 18.5 Å². The number of anilines is 1. The Morgan fingerprint density at radius 1 is 1.19 bits per heavy atom. The van der Waals surface area contributed by atoms with E-state index >= 15 is 0 Å². The van der Waals surface area contributed by atoms with Crippen LogP contribution in [0.4, 0.5) is 5.69 Å². The van der Waals surface area contributed by atoms with Crippen LogP contribution in [0.5, 0.6) is 0 Å². The van der Waals surface area contributed by atoms with Gasteiger partial charge in [-0.1, -0.05) is 35.3 Å². The van der Waals surface area contributed by atoms with Crippen LogP contribution in [0.1, 0.15) is 22.3 Å². The lowest BCUT2D eigenvalue weighted by Crippen LogP contribution is -2.28. The zero-order valence-corrected chi connectivity index (χ0v) is 18.9. The number of aromatic nitrogens is 2. The van der Waals surface area contributed by atoms with E-state index in [1.807, 2.05) is 16.8 Å². The second-order valence-electron chi connectivity index (χ2n) is 6.75. The maximum atomic E-state index is 12.3. The fraction of sp³-hybridized carbons (Fsp3) is 0.238. The molecule has 1 atom stereocenters. The molecule has 0 radical (unpaired) electrons. The number of aryl methyl sites for hydroxylation is 1. The van der Waals surface area contributed by atoms with Gasteiger partial charge in [0, 0.05) is 37.6 Å². The molecule has 31 heavy (non-hydrogen) atoms. The normalized spacial score (nSPS) is 11.8. The van der Waals surface area contributed by atoms with E-state index in [1.54, 1.807) is 48.9 Å². The third kappa shape index (κ3) is 6.54. The largest absolute Gasteiger partial charge is 0.352 e. The number of imidazole rings is 1. The van der Waals surface area contributed by atoms with Crippen LogP contribution in [0.3, 0.4) is 0 Å². The molecule has 0 aliphatic rings. The van der Waals surface area contributed by atoms with Crippen molar-refractivity contribution >= 4 is 46.1 Å². The van der Waals surface area contributed by atoms with Crippen LogP contribution in [0.2, 0.25) is 10.0 Å². The Morgan fingerprint density at radius 3 is 2.65 bits per heavy atom. The van der Waals surface area contributed by atoms with Gasteiger partial charge in [-0.25, -0.2) is 9.19 Å². The summed E-state index contributed by atoms with van der Waals surface area (Å²) in [4.78, 5) is 16.3. The molecular weight excluding hydrogens is 459 g/mol. The van der Waals surface area contributed by atoms with Gasteiger partial charge in [0.25, 0.3) is 17.2 Å². The molecule has 0 fully saturated rings. The van der Waals surface area contributed by atoms with Gasteiger partial charge in [0.05, 0.1) is 22.1 Å². The molecule has 1 aromatic heterocycles. The van der Waals surface area contributed by atoms with Crippen molar-refractivity contribution in [1.29, 1.82) is 0 Å². The molecule has 10 heteroatoms. The van der Waals surface area contributed by atoms with Gasteiger partial charge in [0.2, 0.25) is 0 Å². The average molecular weight is 481 g/mol. The molecule has 2 aromatic carbocycles. The molecule has 0 aliphatic heterocycles. The van der Waals surface area contributed by atoms with E-state index in [9.17, 15) is 13.6 Å². The van der Waals surface area contributed by atoms with Gasteiger partial charge in [0.15, 0.2) is 0 Å². The van der Waals surface area contributed by atoms with E-state index in [4.69, 9.17) is 23.2 Å². The summed E-state index contributed by atoms with van der Waals surface area (Å²) in [6, 6.07) is 11.9. The lowest BCUT2D eigenvalue weighted by Gasteiger charge is -2.20. The maximum absolute atomic E-state index is 12.3. The van der Waals surface area contributed by atoms with Crippen LogP contribution < -0.4 is 9.62 Å². The van der Waals surface area contributed by atoms with Gasteiger partial charge in [0.1, 0.15) is 0 Å². The quantitative estimate of drug-likeness (QED) is 0.336. The molecule has 2 N–H and O–H groups in total. The lowest BCUT2D eigenvalue weighted by molar-refractivity contribution is 0.0952. The highest BCUT2D eigenvalue weighted by atomic mass is 35.5. The monoisotopic (exact) mass is 480 g/mol. The Balaban J connectivity index is 1.56. The summed E-state index contributed by atoms with van der Waals surface area (Å²) < 4.78 is 24.8. The summed E-state index contributed by atoms with van der Waals surface area (Å²) in [5.41, 5.74) is 1.79. The first-order valence-electron chi connectivity index (χ1n) is 9.61. The number of halogens is 2. The Morgan fingerprint density at radius 2 is 1.97 bits per heavy atom. The molecule has 1 unspecified atom stereocenters. The molecule has 1 amide bonds. The van der Waals surface area contributed by atoms with E-state index in [-0.39, 0.29) is 12.5 Å². The number of hydrogen-bond donors (Lipinski definition) is 2. The van der Waals surface area contributed by atoms with Crippen LogP contribution in [0, 0.1) is 0 Å². The van der Waals surface area contributed by atoms with Crippen molar-refractivity contribution in [2.75, 3.05) is 17.4 Å². The SMILES string of the molecule is O=C(NCCCn1ccnc1)c1ccc(N(CCc2cccc(Cl)c2Cl)S(=O)O)cc1. The first-order chi connectivity index (χ1) is 15.0. The third-order valence-corrected chi connectivity index (χ3v) is 6.29. The Labute approximate surface area is 193 Å². The highest BCUT2D eigenvalue weighted by molar-refractivity contribution is 7.80. The number of amides is 1. The molecule has 1 heterocycles. The minimum absolute atomic E-state index is 0.195. The van der Waals surface area contributed by atoms with Crippen molar-refractivity contribution in [3.8, 4) is 0 Å². The predicted octanol–water partition coefficient (Wildman–Crippen LogP) is 4.20. The fourth-order valence-corrected chi connectivity index (χ4v) is 3.99. The maximum Gasteiger partial charge on any atom is 0.261 e. The van der Waals surface area contributed by atoms with Gasteiger partial charge >= 0.3 is 0 Å². The second-order valence-corrected chi connectivity index (χ2v) is 8.44. The van der Waals surface area contributed by atoms with Crippen molar-refractivity contribution in [2.45, 2.75) is 19.4 Å². The molecule has 3 rings (SSSR count). The number of benzene rings is 2. The standard InChI is InChI=1S/C21H22Cl2N4O3S/c22-19-4-1-3-16(20(19)23)9-13-27(31(29)30)18-7-5-17(6-8-18)21(28)25-10-2-12-26-14-11-24-15-26/h1,3-8,11,14-15H,2,9-10,12-13H2,(H,25,28)(H,29,30). The number of carbonyl (C=O) groups is 1. The van der Waals surface area contributed by atoms with Crippen LogP contribution >= 0.6 is 23.2 Å². The van der Waals surface area contributed by atoms with Crippen molar-refractivity contribution < 1.29 is 13.6 Å². The second kappa shape index (κ2) is 11.3. The summed E-state index contributed by atoms with van der Waals surface area (Å²) in [5, 5.41) is 3.75. The van der Waals surface area contributed by atoms with Crippen LogP contribution in [-0.4, -0.2) is 37.3 Å². The van der Waals surface area contributed by atoms with Crippen molar-refractivity contribution in [2.24, 2.45) is 0 Å². The zero-order chi connectivity index (χ0) is 22.2. The smallest absolute Gasteiger partial charge is 0.261 e. The van der Waals surface area contributed by atoms with E-state index < -0.39 is 11.3 Å². The van der Waals surface area contributed by atoms with Crippen molar-refractivity contribution in [1.82, 2.24) is 14.9 Å². The Kier molecular flexibility index (Phi) is 8.48. The van der Waals surface area contributed by atoms with Crippen LogP contribution in [0.15, 0.2) is 61.2 Å². The predicted molar refractivity (Wildman–Crippen MR) is 124 cm³/mol. The average Bonchev–Trinajstić information content (AvgIpc) is 3.28. The summed E-state index contributed by atoms with van der Waals surface area (Å²) in [7, 11) is 0. The molecule has 0 bridgehead atoms. The molecule has 0 saturated heterocycles. The highest BCUT2D eigenvalue weighted by Gasteiger charge is 2.15. The van der Waals surface area contributed by atoms with E-state index in [2.05, 4.69) is 10.3 Å². The van der Waals surface area contributed by atoms with E-state index in [0.29, 0.717) is 34.3 Å². The molecule has 0 aliphatic carbocycles. The molecule has 0 spiro atoms.